The molecule has 0 bridgehead atoms. The first-order valence-electron chi connectivity index (χ1n) is 4.60. The van der Waals surface area contributed by atoms with Crippen molar-refractivity contribution >= 4 is 33.3 Å². The summed E-state index contributed by atoms with van der Waals surface area (Å²) in [6.07, 6.45) is 1.57. The molecule has 0 aliphatic carbocycles. The second-order valence-corrected chi connectivity index (χ2v) is 5.80. The van der Waals surface area contributed by atoms with Crippen LogP contribution in [0.15, 0.2) is 22.8 Å². The Labute approximate surface area is 96.6 Å². The average molecular weight is 240 g/mol. The lowest BCUT2D eigenvalue weighted by molar-refractivity contribution is 0.107. The van der Waals surface area contributed by atoms with E-state index in [1.165, 1.54) is 0 Å². The zero-order chi connectivity index (χ0) is 10.9. The van der Waals surface area contributed by atoms with E-state index < -0.39 is 5.60 Å². The molecule has 0 aromatic carbocycles. The van der Waals surface area contributed by atoms with Crippen LogP contribution in [0.1, 0.15) is 13.8 Å². The third-order valence-electron chi connectivity index (χ3n) is 1.77. The summed E-state index contributed by atoms with van der Waals surface area (Å²) in [5.74, 6) is 0.636. The van der Waals surface area contributed by atoms with Gasteiger partial charge < -0.3 is 5.11 Å². The fraction of sp³-hybridized carbons (Fsp3) is 0.400. The molecular weight excluding hydrogens is 228 g/mol. The zero-order valence-corrected chi connectivity index (χ0v) is 10.2. The Morgan fingerprint density at radius 3 is 3.00 bits per heavy atom. The summed E-state index contributed by atoms with van der Waals surface area (Å²) in [7, 11) is 0. The van der Waals surface area contributed by atoms with Crippen molar-refractivity contribution in [2.24, 2.45) is 0 Å². The molecule has 1 N–H and O–H groups in total. The van der Waals surface area contributed by atoms with Crippen LogP contribution >= 0.6 is 23.1 Å². The number of hydrogen-bond donors (Lipinski definition) is 1. The highest BCUT2D eigenvalue weighted by molar-refractivity contribution is 7.99. The molecule has 0 fully saturated rings. The summed E-state index contributed by atoms with van der Waals surface area (Å²) in [5, 5.41) is 12.6. The van der Waals surface area contributed by atoms with Gasteiger partial charge in [0.1, 0.15) is 11.4 Å². The minimum absolute atomic E-state index is 0.636. The van der Waals surface area contributed by atoms with Crippen molar-refractivity contribution in [3.8, 4) is 0 Å². The number of hydrogen-bond acceptors (Lipinski definition) is 5. The highest BCUT2D eigenvalue weighted by atomic mass is 32.2. The van der Waals surface area contributed by atoms with Crippen molar-refractivity contribution in [3.63, 3.8) is 0 Å². The Morgan fingerprint density at radius 2 is 2.27 bits per heavy atom. The summed E-state index contributed by atoms with van der Waals surface area (Å²) >= 11 is 3.21. The first kappa shape index (κ1) is 10.9. The molecule has 15 heavy (non-hydrogen) atoms. The summed E-state index contributed by atoms with van der Waals surface area (Å²) in [6.45, 7) is 3.60. The maximum Gasteiger partial charge on any atom is 0.117 e. The second kappa shape index (κ2) is 4.08. The van der Waals surface area contributed by atoms with Crippen LogP contribution in [0, 0.1) is 0 Å². The highest BCUT2D eigenvalue weighted by Crippen LogP contribution is 2.30. The molecule has 0 saturated heterocycles. The Balaban J connectivity index is 2.24. The van der Waals surface area contributed by atoms with Crippen molar-refractivity contribution in [2.45, 2.75) is 24.5 Å². The van der Waals surface area contributed by atoms with Gasteiger partial charge in [0.25, 0.3) is 0 Å². The molecule has 0 amide bonds. The van der Waals surface area contributed by atoms with E-state index in [2.05, 4.69) is 9.97 Å². The van der Waals surface area contributed by atoms with Crippen LogP contribution in [0.3, 0.4) is 0 Å². The number of aromatic nitrogens is 2. The molecule has 3 nitrogen and oxygen atoms in total. The summed E-state index contributed by atoms with van der Waals surface area (Å²) in [4.78, 5) is 8.40. The summed E-state index contributed by atoms with van der Waals surface area (Å²) < 4.78 is 1.10. The van der Waals surface area contributed by atoms with E-state index in [9.17, 15) is 5.11 Å². The average Bonchev–Trinajstić information content (AvgIpc) is 2.61. The lowest BCUT2D eigenvalue weighted by Crippen LogP contribution is -2.21. The molecule has 0 unspecified atom stereocenters. The first-order valence-corrected chi connectivity index (χ1v) is 6.46. The second-order valence-electron chi connectivity index (χ2n) is 3.91. The van der Waals surface area contributed by atoms with Crippen LogP contribution < -0.4 is 0 Å². The molecule has 0 radical (unpaired) electrons. The van der Waals surface area contributed by atoms with Gasteiger partial charge in [-0.3, -0.25) is 0 Å². The zero-order valence-electron chi connectivity index (χ0n) is 8.60. The van der Waals surface area contributed by atoms with Gasteiger partial charge in [-0.15, -0.1) is 23.1 Å². The summed E-state index contributed by atoms with van der Waals surface area (Å²) in [5.41, 5.74) is 0.312. The van der Waals surface area contributed by atoms with Crippen LogP contribution in [0.5, 0.6) is 0 Å². The lowest BCUT2D eigenvalue weighted by Gasteiger charge is -2.15. The largest absolute Gasteiger partial charge is 0.390 e. The normalized spacial score (nSPS) is 12.2. The van der Waals surface area contributed by atoms with Crippen molar-refractivity contribution in [1.29, 1.82) is 0 Å². The van der Waals surface area contributed by atoms with E-state index in [1.807, 2.05) is 11.4 Å². The number of fused-ring (bicyclic) bond motifs is 1. The molecule has 0 saturated carbocycles. The molecule has 80 valence electrons. The predicted molar refractivity (Wildman–Crippen MR) is 64.4 cm³/mol. The molecular formula is C10H12N2OS2. The van der Waals surface area contributed by atoms with Gasteiger partial charge in [-0.1, -0.05) is 0 Å². The standard InChI is InChI=1S/C10H12N2OS2/c1-10(2,13)5-15-9-8-7(3-4-14-8)11-6-12-9/h3-4,6,13H,5H2,1-2H3. The summed E-state index contributed by atoms with van der Waals surface area (Å²) in [6, 6.07) is 1.98. The smallest absolute Gasteiger partial charge is 0.117 e. The molecule has 2 heterocycles. The number of rotatable bonds is 3. The number of thiophene rings is 1. The van der Waals surface area contributed by atoms with Gasteiger partial charge in [-0.25, -0.2) is 9.97 Å². The Bertz CT molecular complexity index is 462. The van der Waals surface area contributed by atoms with Crippen LogP contribution in [0.2, 0.25) is 0 Å². The van der Waals surface area contributed by atoms with Gasteiger partial charge in [0.2, 0.25) is 0 Å². The van der Waals surface area contributed by atoms with Crippen LogP contribution in [0.4, 0.5) is 0 Å². The SMILES string of the molecule is CC(C)(O)CSc1ncnc2ccsc12. The van der Waals surface area contributed by atoms with E-state index in [-0.39, 0.29) is 0 Å². The van der Waals surface area contributed by atoms with Crippen molar-refractivity contribution < 1.29 is 5.11 Å². The Kier molecular flexibility index (Phi) is 2.95. The fourth-order valence-corrected chi connectivity index (χ4v) is 3.01. The quantitative estimate of drug-likeness (QED) is 0.661. The van der Waals surface area contributed by atoms with Crippen molar-refractivity contribution in [1.82, 2.24) is 9.97 Å². The number of aliphatic hydroxyl groups is 1. The van der Waals surface area contributed by atoms with E-state index in [4.69, 9.17) is 0 Å². The maximum absolute atomic E-state index is 9.64. The third kappa shape index (κ3) is 2.68. The van der Waals surface area contributed by atoms with Crippen molar-refractivity contribution in [2.75, 3.05) is 5.75 Å². The van der Waals surface area contributed by atoms with Crippen LogP contribution in [-0.2, 0) is 0 Å². The van der Waals surface area contributed by atoms with Crippen LogP contribution in [0.25, 0.3) is 10.2 Å². The molecule has 0 aliphatic heterocycles. The molecule has 2 rings (SSSR count). The molecule has 0 atom stereocenters. The van der Waals surface area contributed by atoms with Crippen LogP contribution in [-0.4, -0.2) is 26.4 Å². The van der Waals surface area contributed by atoms with Gasteiger partial charge in [-0.05, 0) is 25.3 Å². The van der Waals surface area contributed by atoms with Gasteiger partial charge >= 0.3 is 0 Å². The minimum Gasteiger partial charge on any atom is -0.390 e. The van der Waals surface area contributed by atoms with Gasteiger partial charge in [0.15, 0.2) is 0 Å². The lowest BCUT2D eigenvalue weighted by atomic mass is 10.2. The Hall–Kier alpha value is -0.650. The molecule has 5 heteroatoms. The maximum atomic E-state index is 9.64. The molecule has 2 aromatic heterocycles. The van der Waals surface area contributed by atoms with Crippen molar-refractivity contribution in [3.05, 3.63) is 17.8 Å². The predicted octanol–water partition coefficient (Wildman–Crippen LogP) is 2.55. The molecule has 2 aromatic rings. The van der Waals surface area contributed by atoms with Gasteiger partial charge in [0.05, 0.1) is 15.8 Å². The molecule has 0 spiro atoms. The van der Waals surface area contributed by atoms with Gasteiger partial charge in [-0.2, -0.15) is 0 Å². The molecule has 0 aliphatic rings. The first-order chi connectivity index (χ1) is 7.06. The topological polar surface area (TPSA) is 46.0 Å². The minimum atomic E-state index is -0.667. The van der Waals surface area contributed by atoms with E-state index in [1.54, 1.807) is 43.3 Å². The highest BCUT2D eigenvalue weighted by Gasteiger charge is 2.15. The van der Waals surface area contributed by atoms with E-state index in [0.717, 1.165) is 15.2 Å². The number of thioether (sulfide) groups is 1. The van der Waals surface area contributed by atoms with E-state index >= 15 is 0 Å². The Morgan fingerprint density at radius 1 is 1.47 bits per heavy atom. The van der Waals surface area contributed by atoms with Gasteiger partial charge in [0, 0.05) is 5.75 Å². The monoisotopic (exact) mass is 240 g/mol. The fourth-order valence-electron chi connectivity index (χ4n) is 1.11. The third-order valence-corrected chi connectivity index (χ3v) is 4.25. The van der Waals surface area contributed by atoms with E-state index in [0.29, 0.717) is 5.75 Å². The number of nitrogens with zero attached hydrogens (tertiary/aromatic N) is 2.